The van der Waals surface area contributed by atoms with Gasteiger partial charge in [-0.1, -0.05) is 0 Å². The average molecular weight is 173 g/mol. The first-order valence-corrected chi connectivity index (χ1v) is 5.38. The molecule has 1 aliphatic heterocycles. The van der Waals surface area contributed by atoms with Crippen LogP contribution in [0.3, 0.4) is 0 Å². The topological polar surface area (TPSA) is 29.1 Å². The van der Waals surface area contributed by atoms with Crippen molar-refractivity contribution in [2.45, 2.75) is 31.8 Å². The van der Waals surface area contributed by atoms with E-state index in [1.54, 1.807) is 11.8 Å². The Hall–Kier alpha value is -0.0200. The molecule has 1 N–H and O–H groups in total. The van der Waals surface area contributed by atoms with Gasteiger partial charge >= 0.3 is 0 Å². The fraction of sp³-hybridized carbons (Fsp3) is 0.875. The summed E-state index contributed by atoms with van der Waals surface area (Å²) in [5, 5.41) is 3.41. The summed E-state index contributed by atoms with van der Waals surface area (Å²) in [5.41, 5.74) is 0. The molecular formula is C8H15NOS. The predicted octanol–water partition coefficient (Wildman–Crippen LogP) is 1.06. The van der Waals surface area contributed by atoms with Gasteiger partial charge in [-0.3, -0.25) is 4.79 Å². The number of thioether (sulfide) groups is 1. The van der Waals surface area contributed by atoms with Crippen LogP contribution in [0.15, 0.2) is 0 Å². The number of carbonyl (C=O) groups excluding carboxylic acids is 1. The van der Waals surface area contributed by atoms with Crippen molar-refractivity contribution in [3.63, 3.8) is 0 Å². The molecule has 0 aliphatic carbocycles. The molecule has 1 fully saturated rings. The summed E-state index contributed by atoms with van der Waals surface area (Å²) in [6.45, 7) is 2.07. The summed E-state index contributed by atoms with van der Waals surface area (Å²) >= 11 is 1.80. The van der Waals surface area contributed by atoms with Crippen LogP contribution < -0.4 is 5.32 Å². The largest absolute Gasteiger partial charge is 0.310 e. The van der Waals surface area contributed by atoms with Crippen LogP contribution >= 0.6 is 11.8 Å². The van der Waals surface area contributed by atoms with E-state index in [4.69, 9.17) is 0 Å². The molecule has 1 rings (SSSR count). The van der Waals surface area contributed by atoms with Crippen molar-refractivity contribution < 1.29 is 4.79 Å². The molecule has 1 heterocycles. The molecule has 0 saturated carbocycles. The second-order valence-electron chi connectivity index (χ2n) is 3.17. The Balaban J connectivity index is 2.36. The van der Waals surface area contributed by atoms with Crippen molar-refractivity contribution in [2.24, 2.45) is 0 Å². The van der Waals surface area contributed by atoms with Crippen molar-refractivity contribution in [1.82, 2.24) is 5.32 Å². The third-order valence-electron chi connectivity index (χ3n) is 1.90. The lowest BCUT2D eigenvalue weighted by Crippen LogP contribution is -2.45. The summed E-state index contributed by atoms with van der Waals surface area (Å²) in [4.78, 5) is 11.1. The number of Topliss-reactive ketones (excluding diaryl/α,β-unsaturated/α-hetero) is 1. The van der Waals surface area contributed by atoms with E-state index in [0.29, 0.717) is 24.3 Å². The fourth-order valence-electron chi connectivity index (χ4n) is 1.53. The van der Waals surface area contributed by atoms with E-state index in [2.05, 4.69) is 18.5 Å². The molecule has 0 spiro atoms. The lowest BCUT2D eigenvalue weighted by atomic mass is 9.99. The molecule has 0 aromatic rings. The van der Waals surface area contributed by atoms with E-state index < -0.39 is 0 Å². The minimum atomic E-state index is 0.383. The van der Waals surface area contributed by atoms with E-state index in [1.165, 1.54) is 0 Å². The summed E-state index contributed by atoms with van der Waals surface area (Å²) < 4.78 is 0. The van der Waals surface area contributed by atoms with Gasteiger partial charge in [0.25, 0.3) is 0 Å². The average Bonchev–Trinajstić information content (AvgIpc) is 1.85. The van der Waals surface area contributed by atoms with E-state index >= 15 is 0 Å². The SMILES string of the molecule is CSCC1CC(=O)CC(C)N1. The van der Waals surface area contributed by atoms with E-state index in [-0.39, 0.29) is 0 Å². The normalized spacial score (nSPS) is 32.4. The first-order valence-electron chi connectivity index (χ1n) is 3.99. The molecule has 2 atom stereocenters. The van der Waals surface area contributed by atoms with Gasteiger partial charge in [-0.05, 0) is 13.2 Å². The highest BCUT2D eigenvalue weighted by Gasteiger charge is 2.22. The van der Waals surface area contributed by atoms with Gasteiger partial charge < -0.3 is 5.32 Å². The Bertz CT molecular complexity index is 149. The summed E-state index contributed by atoms with van der Waals surface area (Å²) in [6, 6.07) is 0.801. The third-order valence-corrected chi connectivity index (χ3v) is 2.63. The van der Waals surface area contributed by atoms with E-state index in [0.717, 1.165) is 12.2 Å². The van der Waals surface area contributed by atoms with Crippen molar-refractivity contribution in [2.75, 3.05) is 12.0 Å². The number of carbonyl (C=O) groups is 1. The summed E-state index contributed by atoms with van der Waals surface area (Å²) in [7, 11) is 0. The van der Waals surface area contributed by atoms with Crippen LogP contribution in [0, 0.1) is 0 Å². The van der Waals surface area contributed by atoms with Gasteiger partial charge in [-0.2, -0.15) is 11.8 Å². The molecule has 11 heavy (non-hydrogen) atoms. The molecule has 0 radical (unpaired) electrons. The molecule has 0 bridgehead atoms. The number of piperidine rings is 1. The molecule has 2 unspecified atom stereocenters. The van der Waals surface area contributed by atoms with Gasteiger partial charge in [0.05, 0.1) is 0 Å². The van der Waals surface area contributed by atoms with E-state index in [1.807, 2.05) is 0 Å². The van der Waals surface area contributed by atoms with Crippen molar-refractivity contribution in [3.05, 3.63) is 0 Å². The molecule has 1 saturated heterocycles. The molecule has 64 valence electrons. The lowest BCUT2D eigenvalue weighted by Gasteiger charge is -2.27. The van der Waals surface area contributed by atoms with Crippen molar-refractivity contribution in [1.29, 1.82) is 0 Å². The number of ketones is 1. The number of hydrogen-bond acceptors (Lipinski definition) is 3. The second kappa shape index (κ2) is 4.12. The minimum absolute atomic E-state index is 0.383. The van der Waals surface area contributed by atoms with Gasteiger partial charge in [0.1, 0.15) is 5.78 Å². The molecular weight excluding hydrogens is 158 g/mol. The van der Waals surface area contributed by atoms with Crippen molar-refractivity contribution >= 4 is 17.5 Å². The van der Waals surface area contributed by atoms with E-state index in [9.17, 15) is 4.79 Å². The number of nitrogens with one attached hydrogen (secondary N) is 1. The predicted molar refractivity (Wildman–Crippen MR) is 49.0 cm³/mol. The monoisotopic (exact) mass is 173 g/mol. The van der Waals surface area contributed by atoms with Gasteiger partial charge in [-0.25, -0.2) is 0 Å². The molecule has 0 aromatic carbocycles. The highest BCUT2D eigenvalue weighted by atomic mass is 32.2. The highest BCUT2D eigenvalue weighted by molar-refractivity contribution is 7.98. The van der Waals surface area contributed by atoms with Crippen LogP contribution in [0.1, 0.15) is 19.8 Å². The zero-order valence-electron chi connectivity index (χ0n) is 7.09. The summed E-state index contributed by atoms with van der Waals surface area (Å²) in [5.74, 6) is 1.46. The fourth-order valence-corrected chi connectivity index (χ4v) is 2.14. The third kappa shape index (κ3) is 2.83. The first kappa shape index (κ1) is 9.07. The smallest absolute Gasteiger partial charge is 0.136 e. The van der Waals surface area contributed by atoms with Crippen LogP contribution in [0.2, 0.25) is 0 Å². The molecule has 3 heteroatoms. The number of rotatable bonds is 2. The zero-order valence-corrected chi connectivity index (χ0v) is 7.91. The van der Waals surface area contributed by atoms with Gasteiger partial charge in [-0.15, -0.1) is 0 Å². The summed E-state index contributed by atoms with van der Waals surface area (Å²) in [6.07, 6.45) is 3.52. The Labute approximate surface area is 72.1 Å². The van der Waals surface area contributed by atoms with Crippen LogP contribution in [0.5, 0.6) is 0 Å². The Morgan fingerprint density at radius 2 is 2.36 bits per heavy atom. The Kier molecular flexibility index (Phi) is 3.40. The van der Waals surface area contributed by atoms with Gasteiger partial charge in [0, 0.05) is 30.7 Å². The zero-order chi connectivity index (χ0) is 8.27. The Morgan fingerprint density at radius 3 is 2.91 bits per heavy atom. The van der Waals surface area contributed by atoms with Crippen LogP contribution in [-0.4, -0.2) is 29.9 Å². The standard InChI is InChI=1S/C8H15NOS/c1-6-3-8(10)4-7(9-6)5-11-2/h6-7,9H,3-5H2,1-2H3. The molecule has 0 amide bonds. The van der Waals surface area contributed by atoms with Gasteiger partial charge in [0.2, 0.25) is 0 Å². The maximum Gasteiger partial charge on any atom is 0.136 e. The maximum absolute atomic E-state index is 11.1. The van der Waals surface area contributed by atoms with Crippen LogP contribution in [-0.2, 0) is 4.79 Å². The second-order valence-corrected chi connectivity index (χ2v) is 4.08. The van der Waals surface area contributed by atoms with Crippen LogP contribution in [0.25, 0.3) is 0 Å². The molecule has 1 aliphatic rings. The maximum atomic E-state index is 11.1. The van der Waals surface area contributed by atoms with Gasteiger partial charge in [0.15, 0.2) is 0 Å². The molecule has 2 nitrogen and oxygen atoms in total. The minimum Gasteiger partial charge on any atom is -0.310 e. The first-order chi connectivity index (χ1) is 5.22. The quantitative estimate of drug-likeness (QED) is 0.677. The lowest BCUT2D eigenvalue weighted by molar-refractivity contribution is -0.121. The Morgan fingerprint density at radius 1 is 1.64 bits per heavy atom. The number of hydrogen-bond donors (Lipinski definition) is 1. The van der Waals surface area contributed by atoms with Crippen molar-refractivity contribution in [3.8, 4) is 0 Å². The van der Waals surface area contributed by atoms with Crippen LogP contribution in [0.4, 0.5) is 0 Å². The molecule has 0 aromatic heterocycles. The highest BCUT2D eigenvalue weighted by Crippen LogP contribution is 2.11.